The number of unbranched alkanes of at least 4 members (excludes halogenated alkanes) is 1. The number of piperazine rings is 1. The molecule has 0 unspecified atom stereocenters. The van der Waals surface area contributed by atoms with Gasteiger partial charge >= 0.3 is 0 Å². The SMILES string of the molecule is CCCCOc1ccc(S(=O)(=O)N2CCN(CCO)CC2)cc1C1=NC=C2C(=C(CCC)NN2C)N1. The summed E-state index contributed by atoms with van der Waals surface area (Å²) < 4.78 is 34.7. The number of fused-ring (bicyclic) bond motifs is 1. The van der Waals surface area contributed by atoms with Crippen molar-refractivity contribution in [3.63, 3.8) is 0 Å². The second-order valence-corrected chi connectivity index (χ2v) is 11.2. The molecule has 3 heterocycles. The minimum absolute atomic E-state index is 0.0720. The zero-order valence-electron chi connectivity index (χ0n) is 21.5. The second-order valence-electron chi connectivity index (χ2n) is 9.22. The maximum atomic E-state index is 13.5. The Labute approximate surface area is 214 Å². The van der Waals surface area contributed by atoms with Crippen molar-refractivity contribution < 1.29 is 18.3 Å². The molecular weight excluding hydrogens is 480 g/mol. The van der Waals surface area contributed by atoms with Crippen LogP contribution in [0.25, 0.3) is 0 Å². The molecule has 36 heavy (non-hydrogen) atoms. The van der Waals surface area contributed by atoms with E-state index < -0.39 is 10.0 Å². The van der Waals surface area contributed by atoms with Crippen LogP contribution in [-0.2, 0) is 10.0 Å². The third kappa shape index (κ3) is 5.54. The van der Waals surface area contributed by atoms with E-state index in [1.165, 1.54) is 4.31 Å². The number of aliphatic hydroxyl groups is 1. The number of sulfonamides is 1. The summed E-state index contributed by atoms with van der Waals surface area (Å²) in [5, 5.41) is 14.6. The molecular formula is C25H38N6O4S. The first-order chi connectivity index (χ1) is 17.4. The van der Waals surface area contributed by atoms with Crippen molar-refractivity contribution in [1.82, 2.24) is 25.0 Å². The average Bonchev–Trinajstić information content (AvgIpc) is 3.19. The normalized spacial score (nSPS) is 18.9. The maximum absolute atomic E-state index is 13.5. The average molecular weight is 519 g/mol. The minimum Gasteiger partial charge on any atom is -0.493 e. The fourth-order valence-corrected chi connectivity index (χ4v) is 6.02. The van der Waals surface area contributed by atoms with Crippen molar-refractivity contribution in [2.45, 2.75) is 44.4 Å². The number of nitrogens with zero attached hydrogens (tertiary/aromatic N) is 4. The Morgan fingerprint density at radius 3 is 2.61 bits per heavy atom. The van der Waals surface area contributed by atoms with E-state index in [0.29, 0.717) is 56.5 Å². The standard InChI is InChI=1S/C25H38N6O4S/c1-4-6-16-35-23-9-8-19(36(33,34)31-12-10-30(11-13-31)14-15-32)17-20(23)25-26-18-22-24(27-25)21(7-5-2)28-29(22)3/h8-9,17-18,28,32H,4-7,10-16H2,1-3H3,(H,26,27). The molecule has 1 fully saturated rings. The largest absolute Gasteiger partial charge is 0.493 e. The summed E-state index contributed by atoms with van der Waals surface area (Å²) in [6.45, 7) is 7.39. The number of hydrogen-bond donors (Lipinski definition) is 3. The van der Waals surface area contributed by atoms with Gasteiger partial charge in [0.2, 0.25) is 10.0 Å². The fraction of sp³-hybridized carbons (Fsp3) is 0.560. The number of hydrogen-bond acceptors (Lipinski definition) is 9. The number of nitrogens with one attached hydrogen (secondary N) is 2. The first kappa shape index (κ1) is 26.5. The first-order valence-electron chi connectivity index (χ1n) is 12.8. The molecule has 3 aliphatic heterocycles. The van der Waals surface area contributed by atoms with E-state index in [1.807, 2.05) is 12.1 Å². The van der Waals surface area contributed by atoms with E-state index in [9.17, 15) is 13.5 Å². The molecule has 1 aromatic rings. The summed E-state index contributed by atoms with van der Waals surface area (Å²) in [6, 6.07) is 5.04. The molecule has 1 saturated heterocycles. The summed E-state index contributed by atoms with van der Waals surface area (Å²) in [6.07, 6.45) is 5.58. The molecule has 0 amide bonds. The predicted molar refractivity (Wildman–Crippen MR) is 140 cm³/mol. The Bertz CT molecular complexity index is 1140. The molecule has 11 heteroatoms. The van der Waals surface area contributed by atoms with Gasteiger partial charge in [0.1, 0.15) is 17.3 Å². The molecule has 3 aliphatic rings. The van der Waals surface area contributed by atoms with E-state index in [0.717, 1.165) is 42.8 Å². The van der Waals surface area contributed by atoms with Gasteiger partial charge < -0.3 is 20.6 Å². The molecule has 0 spiro atoms. The van der Waals surface area contributed by atoms with E-state index in [4.69, 9.17) is 4.74 Å². The molecule has 0 bridgehead atoms. The molecule has 3 N–H and O–H groups in total. The van der Waals surface area contributed by atoms with Gasteiger partial charge in [-0.05, 0) is 31.0 Å². The Balaban J connectivity index is 1.66. The summed E-state index contributed by atoms with van der Waals surface area (Å²) in [4.78, 5) is 6.94. The maximum Gasteiger partial charge on any atom is 0.243 e. The molecule has 1 aromatic carbocycles. The van der Waals surface area contributed by atoms with Gasteiger partial charge in [0.25, 0.3) is 0 Å². The predicted octanol–water partition coefficient (Wildman–Crippen LogP) is 1.82. The lowest BCUT2D eigenvalue weighted by molar-refractivity contribution is 0.151. The van der Waals surface area contributed by atoms with Gasteiger partial charge in [-0.25, -0.2) is 13.4 Å². The van der Waals surface area contributed by atoms with Gasteiger partial charge in [-0.15, -0.1) is 0 Å². The van der Waals surface area contributed by atoms with Crippen molar-refractivity contribution in [2.75, 3.05) is 53.0 Å². The highest BCUT2D eigenvalue weighted by Gasteiger charge is 2.31. The Morgan fingerprint density at radius 2 is 1.92 bits per heavy atom. The van der Waals surface area contributed by atoms with Crippen molar-refractivity contribution in [1.29, 1.82) is 0 Å². The molecule has 198 valence electrons. The quantitative estimate of drug-likeness (QED) is 0.381. The number of allylic oxidation sites excluding steroid dienone is 1. The molecule has 0 aromatic heterocycles. The van der Waals surface area contributed by atoms with Crippen LogP contribution < -0.4 is 15.5 Å². The van der Waals surface area contributed by atoms with E-state index in [1.54, 1.807) is 24.4 Å². The number of aliphatic imine (C=N–C) groups is 1. The molecule has 0 radical (unpaired) electrons. The smallest absolute Gasteiger partial charge is 0.243 e. The second kappa shape index (κ2) is 11.6. The lowest BCUT2D eigenvalue weighted by Crippen LogP contribution is -2.49. The number of hydrazine groups is 1. The third-order valence-electron chi connectivity index (χ3n) is 6.63. The zero-order valence-corrected chi connectivity index (χ0v) is 22.3. The Hall–Kier alpha value is -2.60. The number of ether oxygens (including phenoxy) is 1. The third-order valence-corrected chi connectivity index (χ3v) is 8.52. The molecule has 4 rings (SSSR count). The topological polar surface area (TPSA) is 110 Å². The van der Waals surface area contributed by atoms with E-state index in [-0.39, 0.29) is 11.5 Å². The van der Waals surface area contributed by atoms with Crippen LogP contribution in [0.2, 0.25) is 0 Å². The number of benzene rings is 1. The van der Waals surface area contributed by atoms with Crippen molar-refractivity contribution in [2.24, 2.45) is 4.99 Å². The van der Waals surface area contributed by atoms with Gasteiger partial charge in [0.05, 0.1) is 41.3 Å². The highest BCUT2D eigenvalue weighted by atomic mass is 32.2. The van der Waals surface area contributed by atoms with Crippen molar-refractivity contribution in [3.8, 4) is 5.75 Å². The number of likely N-dealkylation sites (N-methyl/N-ethyl adjacent to an activating group) is 1. The monoisotopic (exact) mass is 518 g/mol. The summed E-state index contributed by atoms with van der Waals surface area (Å²) >= 11 is 0. The fourth-order valence-electron chi connectivity index (χ4n) is 4.57. The van der Waals surface area contributed by atoms with Crippen LogP contribution in [-0.4, -0.2) is 86.6 Å². The van der Waals surface area contributed by atoms with Gasteiger partial charge in [-0.1, -0.05) is 26.7 Å². The van der Waals surface area contributed by atoms with Crippen molar-refractivity contribution >= 4 is 15.9 Å². The van der Waals surface area contributed by atoms with E-state index in [2.05, 4.69) is 34.5 Å². The highest BCUT2D eigenvalue weighted by Crippen LogP contribution is 2.31. The van der Waals surface area contributed by atoms with Crippen LogP contribution in [0.5, 0.6) is 5.75 Å². The number of β-amino-alcohol motifs (C(OH)–C–C–N with tert-alkyl or cyclic N) is 1. The van der Waals surface area contributed by atoms with Crippen LogP contribution in [0.1, 0.15) is 45.1 Å². The summed E-state index contributed by atoms with van der Waals surface area (Å²) in [5.41, 5.74) is 6.98. The molecule has 0 saturated carbocycles. The number of amidine groups is 1. The van der Waals surface area contributed by atoms with Crippen LogP contribution >= 0.6 is 0 Å². The highest BCUT2D eigenvalue weighted by molar-refractivity contribution is 7.89. The van der Waals surface area contributed by atoms with Crippen molar-refractivity contribution in [3.05, 3.63) is 47.1 Å². The van der Waals surface area contributed by atoms with Crippen LogP contribution in [0.3, 0.4) is 0 Å². The lowest BCUT2D eigenvalue weighted by atomic mass is 10.1. The molecule has 0 aliphatic carbocycles. The molecule has 10 nitrogen and oxygen atoms in total. The lowest BCUT2D eigenvalue weighted by Gasteiger charge is -2.33. The number of rotatable bonds is 11. The van der Waals surface area contributed by atoms with Gasteiger partial charge in [0, 0.05) is 39.8 Å². The van der Waals surface area contributed by atoms with Gasteiger partial charge in [-0.3, -0.25) is 9.91 Å². The van der Waals surface area contributed by atoms with Crippen LogP contribution in [0, 0.1) is 0 Å². The zero-order chi connectivity index (χ0) is 25.7. The van der Waals surface area contributed by atoms with Gasteiger partial charge in [-0.2, -0.15) is 4.31 Å². The van der Waals surface area contributed by atoms with Gasteiger partial charge in [0.15, 0.2) is 0 Å². The Kier molecular flexibility index (Phi) is 8.55. The minimum atomic E-state index is -3.69. The van der Waals surface area contributed by atoms with Crippen LogP contribution in [0.4, 0.5) is 0 Å². The summed E-state index contributed by atoms with van der Waals surface area (Å²) in [5.74, 6) is 1.17. The number of aliphatic hydroxyl groups excluding tert-OH is 1. The molecule has 0 atom stereocenters. The van der Waals surface area contributed by atoms with Crippen LogP contribution in [0.15, 0.2) is 51.4 Å². The Morgan fingerprint density at radius 1 is 1.14 bits per heavy atom. The summed E-state index contributed by atoms with van der Waals surface area (Å²) in [7, 11) is -1.74. The first-order valence-corrected chi connectivity index (χ1v) is 14.2. The van der Waals surface area contributed by atoms with E-state index >= 15 is 0 Å².